The monoisotopic (exact) mass is 373 g/mol. The lowest BCUT2D eigenvalue weighted by atomic mass is 9.97. The lowest BCUT2D eigenvalue weighted by molar-refractivity contribution is -0.119. The van der Waals surface area contributed by atoms with Crippen molar-refractivity contribution in [1.29, 1.82) is 0 Å². The van der Waals surface area contributed by atoms with Gasteiger partial charge in [-0.1, -0.05) is 66.4 Å². The molecular weight excluding hydrogens is 356 g/mol. The summed E-state index contributed by atoms with van der Waals surface area (Å²) in [6, 6.07) is 21.3. The highest BCUT2D eigenvalue weighted by Crippen LogP contribution is 2.39. The Bertz CT molecular complexity index is 1080. The molecule has 0 N–H and O–H groups in total. The van der Waals surface area contributed by atoms with Gasteiger partial charge in [-0.3, -0.25) is 4.79 Å². The Morgan fingerprint density at radius 1 is 0.893 bits per heavy atom. The van der Waals surface area contributed by atoms with Gasteiger partial charge >= 0.3 is 0 Å². The Balaban J connectivity index is 1.59. The maximum atomic E-state index is 13.8. The molecule has 3 aromatic carbocycles. The van der Waals surface area contributed by atoms with Gasteiger partial charge in [0.15, 0.2) is 11.6 Å². The highest BCUT2D eigenvalue weighted by Gasteiger charge is 2.36. The molecule has 0 radical (unpaired) electrons. The van der Waals surface area contributed by atoms with Gasteiger partial charge in [-0.25, -0.2) is 8.78 Å². The maximum absolute atomic E-state index is 13.8. The Hall–Kier alpha value is -3.45. The summed E-state index contributed by atoms with van der Waals surface area (Å²) in [5.41, 5.74) is 2.83. The van der Waals surface area contributed by atoms with Crippen LogP contribution in [0.2, 0.25) is 0 Å². The minimum absolute atomic E-state index is 0.000118. The summed E-state index contributed by atoms with van der Waals surface area (Å²) in [4.78, 5) is 14.8. The van der Waals surface area contributed by atoms with Crippen molar-refractivity contribution in [2.75, 3.05) is 4.90 Å². The molecule has 4 rings (SSSR count). The first-order chi connectivity index (χ1) is 13.6. The molecule has 3 aromatic rings. The van der Waals surface area contributed by atoms with E-state index in [9.17, 15) is 13.6 Å². The second-order valence-electron chi connectivity index (χ2n) is 6.63. The van der Waals surface area contributed by atoms with Crippen LogP contribution in [0.1, 0.15) is 29.0 Å². The van der Waals surface area contributed by atoms with Gasteiger partial charge in [-0.2, -0.15) is 0 Å². The van der Waals surface area contributed by atoms with E-state index >= 15 is 0 Å². The highest BCUT2D eigenvalue weighted by atomic mass is 19.2. The number of hydrogen-bond acceptors (Lipinski definition) is 1. The van der Waals surface area contributed by atoms with E-state index in [-0.39, 0.29) is 17.9 Å². The molecule has 0 aliphatic carbocycles. The van der Waals surface area contributed by atoms with Crippen molar-refractivity contribution in [3.63, 3.8) is 0 Å². The summed E-state index contributed by atoms with van der Waals surface area (Å²) < 4.78 is 27.1. The van der Waals surface area contributed by atoms with E-state index in [2.05, 4.69) is 11.8 Å². The van der Waals surface area contributed by atoms with E-state index in [1.165, 1.54) is 12.1 Å². The lowest BCUT2D eigenvalue weighted by Crippen LogP contribution is -2.28. The quantitative estimate of drug-likeness (QED) is 0.589. The fraction of sp³-hybridized carbons (Fsp3) is 0.125. The Labute approximate surface area is 162 Å². The standard InChI is InChI=1S/C24H17F2NO/c25-21-14-7-11-18(23(21)26)10-6-13-20-19-12-4-5-15-22(19)27(24(20)28)16-17-8-2-1-3-9-17/h1-5,7-9,11-12,14-15,20H,13,16H2. The second-order valence-corrected chi connectivity index (χ2v) is 6.63. The zero-order valence-corrected chi connectivity index (χ0v) is 15.0. The number of anilines is 1. The van der Waals surface area contributed by atoms with E-state index in [0.29, 0.717) is 6.54 Å². The largest absolute Gasteiger partial charge is 0.307 e. The van der Waals surface area contributed by atoms with Crippen LogP contribution in [0.25, 0.3) is 0 Å². The van der Waals surface area contributed by atoms with E-state index in [1.54, 1.807) is 4.90 Å². The van der Waals surface area contributed by atoms with Crippen LogP contribution >= 0.6 is 0 Å². The van der Waals surface area contributed by atoms with Crippen LogP contribution in [0.15, 0.2) is 72.8 Å². The van der Waals surface area contributed by atoms with Crippen LogP contribution in [-0.2, 0) is 11.3 Å². The van der Waals surface area contributed by atoms with Gasteiger partial charge in [-0.15, -0.1) is 0 Å². The lowest BCUT2D eigenvalue weighted by Gasteiger charge is -2.18. The molecular formula is C24H17F2NO. The number of fused-ring (bicyclic) bond motifs is 1. The summed E-state index contributed by atoms with van der Waals surface area (Å²) in [6.07, 6.45) is 0.247. The molecule has 1 unspecified atom stereocenters. The predicted molar refractivity (Wildman–Crippen MR) is 105 cm³/mol. The average molecular weight is 373 g/mol. The number of para-hydroxylation sites is 1. The van der Waals surface area contributed by atoms with Crippen molar-refractivity contribution in [1.82, 2.24) is 0 Å². The summed E-state index contributed by atoms with van der Waals surface area (Å²) in [5.74, 6) is 3.20. The molecule has 1 amide bonds. The zero-order valence-electron chi connectivity index (χ0n) is 15.0. The molecule has 0 saturated heterocycles. The summed E-state index contributed by atoms with van der Waals surface area (Å²) in [6.45, 7) is 0.485. The molecule has 1 aliphatic heterocycles. The number of rotatable bonds is 3. The third kappa shape index (κ3) is 3.39. The third-order valence-corrected chi connectivity index (χ3v) is 4.83. The molecule has 28 heavy (non-hydrogen) atoms. The molecule has 1 heterocycles. The number of halogens is 2. The minimum Gasteiger partial charge on any atom is -0.307 e. The van der Waals surface area contributed by atoms with E-state index in [1.807, 2.05) is 54.6 Å². The fourth-order valence-corrected chi connectivity index (χ4v) is 3.44. The number of amides is 1. The van der Waals surface area contributed by atoms with Crippen molar-refractivity contribution >= 4 is 11.6 Å². The first-order valence-electron chi connectivity index (χ1n) is 9.02. The van der Waals surface area contributed by atoms with Crippen molar-refractivity contribution < 1.29 is 13.6 Å². The average Bonchev–Trinajstić information content (AvgIpc) is 2.98. The van der Waals surface area contributed by atoms with Crippen molar-refractivity contribution in [3.05, 3.63) is 101 Å². The van der Waals surface area contributed by atoms with E-state index < -0.39 is 17.6 Å². The Kier molecular flexibility index (Phi) is 4.90. The van der Waals surface area contributed by atoms with E-state index in [4.69, 9.17) is 0 Å². The van der Waals surface area contributed by atoms with Gasteiger partial charge in [0.1, 0.15) is 0 Å². The van der Waals surface area contributed by atoms with Crippen LogP contribution in [0, 0.1) is 23.5 Å². The molecule has 138 valence electrons. The minimum atomic E-state index is -0.959. The van der Waals surface area contributed by atoms with E-state index in [0.717, 1.165) is 22.9 Å². The molecule has 0 aromatic heterocycles. The molecule has 0 fully saturated rings. The smallest absolute Gasteiger partial charge is 0.235 e. The zero-order chi connectivity index (χ0) is 19.5. The van der Waals surface area contributed by atoms with Crippen LogP contribution < -0.4 is 4.90 Å². The van der Waals surface area contributed by atoms with Crippen molar-refractivity contribution in [2.24, 2.45) is 0 Å². The van der Waals surface area contributed by atoms with Crippen LogP contribution in [0.4, 0.5) is 14.5 Å². The van der Waals surface area contributed by atoms with Crippen LogP contribution in [-0.4, -0.2) is 5.91 Å². The SMILES string of the molecule is O=C1C(CC#Cc2cccc(F)c2F)c2ccccc2N1Cc1ccccc1. The highest BCUT2D eigenvalue weighted by molar-refractivity contribution is 6.05. The van der Waals surface area contributed by atoms with Gasteiger partial charge in [0.05, 0.1) is 18.0 Å². The van der Waals surface area contributed by atoms with Crippen molar-refractivity contribution in [3.8, 4) is 11.8 Å². The summed E-state index contributed by atoms with van der Waals surface area (Å²) in [5, 5.41) is 0. The van der Waals surface area contributed by atoms with Crippen LogP contribution in [0.3, 0.4) is 0 Å². The van der Waals surface area contributed by atoms with Gasteiger partial charge in [0.2, 0.25) is 5.91 Å². The second kappa shape index (κ2) is 7.66. The van der Waals surface area contributed by atoms with Gasteiger partial charge in [0, 0.05) is 12.1 Å². The molecule has 4 heteroatoms. The Morgan fingerprint density at radius 3 is 2.46 bits per heavy atom. The fourth-order valence-electron chi connectivity index (χ4n) is 3.44. The van der Waals surface area contributed by atoms with Gasteiger partial charge in [-0.05, 0) is 29.3 Å². The predicted octanol–water partition coefficient (Wildman–Crippen LogP) is 5.04. The summed E-state index contributed by atoms with van der Waals surface area (Å²) >= 11 is 0. The number of hydrogen-bond donors (Lipinski definition) is 0. The van der Waals surface area contributed by atoms with Crippen LogP contribution in [0.5, 0.6) is 0 Å². The molecule has 2 nitrogen and oxygen atoms in total. The maximum Gasteiger partial charge on any atom is 0.235 e. The molecule has 1 aliphatic rings. The molecule has 0 saturated carbocycles. The normalized spacial score (nSPS) is 15.1. The number of nitrogens with zero attached hydrogens (tertiary/aromatic N) is 1. The topological polar surface area (TPSA) is 20.3 Å². The first kappa shape index (κ1) is 17.9. The molecule has 0 bridgehead atoms. The number of carbonyl (C=O) groups excluding carboxylic acids is 1. The Morgan fingerprint density at radius 2 is 1.64 bits per heavy atom. The summed E-state index contributed by atoms with van der Waals surface area (Å²) in [7, 11) is 0. The molecule has 1 atom stereocenters. The van der Waals surface area contributed by atoms with Crippen molar-refractivity contribution in [2.45, 2.75) is 18.9 Å². The third-order valence-electron chi connectivity index (χ3n) is 4.83. The molecule has 0 spiro atoms. The van der Waals surface area contributed by atoms with Gasteiger partial charge < -0.3 is 4.90 Å². The van der Waals surface area contributed by atoms with Gasteiger partial charge in [0.25, 0.3) is 0 Å². The number of carbonyl (C=O) groups is 1. The first-order valence-corrected chi connectivity index (χ1v) is 9.02. The number of benzene rings is 3.